The van der Waals surface area contributed by atoms with Gasteiger partial charge in [-0.15, -0.1) is 0 Å². The number of hydrogen-bond donors (Lipinski definition) is 2. The predicted molar refractivity (Wildman–Crippen MR) is 91.7 cm³/mol. The van der Waals surface area contributed by atoms with Gasteiger partial charge in [-0.2, -0.15) is 0 Å². The summed E-state index contributed by atoms with van der Waals surface area (Å²) in [5.41, 5.74) is 7.01. The van der Waals surface area contributed by atoms with Gasteiger partial charge in [0.15, 0.2) is 0 Å². The van der Waals surface area contributed by atoms with Gasteiger partial charge in [-0.25, -0.2) is 0 Å². The Hall–Kier alpha value is -0.910. The number of carbonyl (C=O) groups is 1. The lowest BCUT2D eigenvalue weighted by Gasteiger charge is -2.38. The lowest BCUT2D eigenvalue weighted by molar-refractivity contribution is -0.125. The summed E-state index contributed by atoms with van der Waals surface area (Å²) < 4.78 is 6.59. The number of nitrogens with two attached hydrogens (primary N) is 1. The summed E-state index contributed by atoms with van der Waals surface area (Å²) in [6.07, 6.45) is 1.83. The summed E-state index contributed by atoms with van der Waals surface area (Å²) in [6, 6.07) is 8.21. The number of halogens is 1. The smallest absolute Gasteiger partial charge is 0.224 e. The highest BCUT2D eigenvalue weighted by molar-refractivity contribution is 9.10. The normalized spacial score (nSPS) is 20.2. The van der Waals surface area contributed by atoms with Crippen LogP contribution in [0.3, 0.4) is 0 Å². The van der Waals surface area contributed by atoms with Crippen LogP contribution in [0.2, 0.25) is 0 Å². The highest BCUT2D eigenvalue weighted by atomic mass is 79.9. The molecule has 1 aliphatic rings. The van der Waals surface area contributed by atoms with Gasteiger partial charge >= 0.3 is 0 Å². The Kier molecular flexibility index (Phi) is 6.01. The highest BCUT2D eigenvalue weighted by Gasteiger charge is 2.35. The SMILES string of the molecule is CC(N)C(C)C(=O)NCC1(c2cccc(Br)c2)CCOCC1. The Morgan fingerprint density at radius 3 is 2.68 bits per heavy atom. The van der Waals surface area contributed by atoms with Crippen molar-refractivity contribution in [2.75, 3.05) is 19.8 Å². The van der Waals surface area contributed by atoms with Gasteiger partial charge in [-0.05, 0) is 37.5 Å². The van der Waals surface area contributed by atoms with Gasteiger partial charge in [0.25, 0.3) is 0 Å². The predicted octanol–water partition coefficient (Wildman–Crippen LogP) is 2.60. The first-order chi connectivity index (χ1) is 10.4. The van der Waals surface area contributed by atoms with E-state index in [0.717, 1.165) is 30.5 Å². The molecular weight excluding hydrogens is 344 g/mol. The Bertz CT molecular complexity index is 513. The van der Waals surface area contributed by atoms with Crippen LogP contribution < -0.4 is 11.1 Å². The van der Waals surface area contributed by atoms with E-state index in [2.05, 4.69) is 33.4 Å². The van der Waals surface area contributed by atoms with E-state index >= 15 is 0 Å². The van der Waals surface area contributed by atoms with Crippen LogP contribution in [-0.2, 0) is 14.9 Å². The fraction of sp³-hybridized carbons (Fsp3) is 0.588. The molecule has 1 saturated heterocycles. The summed E-state index contributed by atoms with van der Waals surface area (Å²) in [4.78, 5) is 12.2. The molecule has 0 aliphatic carbocycles. The van der Waals surface area contributed by atoms with E-state index in [-0.39, 0.29) is 23.3 Å². The van der Waals surface area contributed by atoms with Crippen molar-refractivity contribution < 1.29 is 9.53 Å². The minimum absolute atomic E-state index is 0.0239. The molecule has 1 aromatic carbocycles. The maximum atomic E-state index is 12.2. The van der Waals surface area contributed by atoms with Crippen molar-refractivity contribution in [2.45, 2.75) is 38.1 Å². The minimum atomic E-state index is -0.181. The molecule has 2 rings (SSSR count). The molecule has 2 unspecified atom stereocenters. The summed E-state index contributed by atoms with van der Waals surface area (Å²) in [6.45, 7) is 5.82. The lowest BCUT2D eigenvalue weighted by atomic mass is 9.74. The van der Waals surface area contributed by atoms with Crippen LogP contribution in [0, 0.1) is 5.92 Å². The summed E-state index contributed by atoms with van der Waals surface area (Å²) in [5.74, 6) is -0.157. The molecule has 0 bridgehead atoms. The van der Waals surface area contributed by atoms with Crippen LogP contribution in [0.5, 0.6) is 0 Å². The molecular formula is C17H25BrN2O2. The maximum Gasteiger partial charge on any atom is 0.224 e. The van der Waals surface area contributed by atoms with Crippen LogP contribution in [0.25, 0.3) is 0 Å². The van der Waals surface area contributed by atoms with Crippen LogP contribution in [0.15, 0.2) is 28.7 Å². The molecule has 3 N–H and O–H groups in total. The molecule has 0 radical (unpaired) electrons. The zero-order valence-corrected chi connectivity index (χ0v) is 14.9. The average molecular weight is 369 g/mol. The third-order valence-corrected chi connectivity index (χ3v) is 5.18. The van der Waals surface area contributed by atoms with Crippen molar-refractivity contribution >= 4 is 21.8 Å². The number of amides is 1. The molecule has 1 heterocycles. The fourth-order valence-electron chi connectivity index (χ4n) is 2.80. The second-order valence-electron chi connectivity index (χ2n) is 6.27. The van der Waals surface area contributed by atoms with Gasteiger partial charge in [-0.1, -0.05) is 35.0 Å². The number of ether oxygens (including phenoxy) is 1. The lowest BCUT2D eigenvalue weighted by Crippen LogP contribution is -2.47. The summed E-state index contributed by atoms with van der Waals surface area (Å²) in [7, 11) is 0. The van der Waals surface area contributed by atoms with Gasteiger partial charge in [-0.3, -0.25) is 4.79 Å². The molecule has 5 heteroatoms. The standard InChI is InChI=1S/C17H25BrN2O2/c1-12(13(2)19)16(21)20-11-17(6-8-22-9-7-17)14-4-3-5-15(18)10-14/h3-5,10,12-13H,6-9,11,19H2,1-2H3,(H,20,21). The van der Waals surface area contributed by atoms with E-state index in [1.54, 1.807) is 0 Å². The molecule has 0 spiro atoms. The number of carbonyl (C=O) groups excluding carboxylic acids is 1. The van der Waals surface area contributed by atoms with Gasteiger partial charge in [0, 0.05) is 41.6 Å². The minimum Gasteiger partial charge on any atom is -0.381 e. The number of hydrogen-bond acceptors (Lipinski definition) is 3. The van der Waals surface area contributed by atoms with Crippen LogP contribution >= 0.6 is 15.9 Å². The maximum absolute atomic E-state index is 12.2. The fourth-order valence-corrected chi connectivity index (χ4v) is 3.20. The quantitative estimate of drug-likeness (QED) is 0.839. The van der Waals surface area contributed by atoms with Crippen molar-refractivity contribution in [3.05, 3.63) is 34.3 Å². The Labute approximate surface area is 140 Å². The Balaban J connectivity index is 2.15. The van der Waals surface area contributed by atoms with E-state index in [4.69, 9.17) is 10.5 Å². The molecule has 1 fully saturated rings. The van der Waals surface area contributed by atoms with Gasteiger partial charge in [0.2, 0.25) is 5.91 Å². The summed E-state index contributed by atoms with van der Waals surface area (Å²) in [5, 5.41) is 3.10. The second-order valence-corrected chi connectivity index (χ2v) is 7.18. The van der Waals surface area contributed by atoms with Crippen molar-refractivity contribution in [3.8, 4) is 0 Å². The molecule has 0 saturated carbocycles. The zero-order valence-electron chi connectivity index (χ0n) is 13.3. The molecule has 1 amide bonds. The molecule has 4 nitrogen and oxygen atoms in total. The largest absolute Gasteiger partial charge is 0.381 e. The molecule has 1 aromatic rings. The number of nitrogens with one attached hydrogen (secondary N) is 1. The monoisotopic (exact) mass is 368 g/mol. The molecule has 22 heavy (non-hydrogen) atoms. The van der Waals surface area contributed by atoms with E-state index < -0.39 is 0 Å². The molecule has 122 valence electrons. The molecule has 0 aromatic heterocycles. The average Bonchev–Trinajstić information content (AvgIpc) is 2.52. The van der Waals surface area contributed by atoms with Crippen molar-refractivity contribution in [1.82, 2.24) is 5.32 Å². The topological polar surface area (TPSA) is 64.4 Å². The van der Waals surface area contributed by atoms with Gasteiger partial charge < -0.3 is 15.8 Å². The van der Waals surface area contributed by atoms with E-state index in [1.807, 2.05) is 26.0 Å². The first-order valence-electron chi connectivity index (χ1n) is 7.82. The number of rotatable bonds is 5. The highest BCUT2D eigenvalue weighted by Crippen LogP contribution is 2.35. The van der Waals surface area contributed by atoms with Crippen LogP contribution in [0.4, 0.5) is 0 Å². The van der Waals surface area contributed by atoms with Crippen LogP contribution in [0.1, 0.15) is 32.3 Å². The first-order valence-corrected chi connectivity index (χ1v) is 8.61. The van der Waals surface area contributed by atoms with Gasteiger partial charge in [0.1, 0.15) is 0 Å². The van der Waals surface area contributed by atoms with Gasteiger partial charge in [0.05, 0.1) is 0 Å². The van der Waals surface area contributed by atoms with Crippen molar-refractivity contribution in [2.24, 2.45) is 11.7 Å². The second kappa shape index (κ2) is 7.57. The van der Waals surface area contributed by atoms with Crippen molar-refractivity contribution in [1.29, 1.82) is 0 Å². The zero-order chi connectivity index (χ0) is 16.2. The Morgan fingerprint density at radius 2 is 2.09 bits per heavy atom. The molecule has 2 atom stereocenters. The number of benzene rings is 1. The first kappa shape index (κ1) is 17.4. The Morgan fingerprint density at radius 1 is 1.41 bits per heavy atom. The van der Waals surface area contributed by atoms with Crippen LogP contribution in [-0.4, -0.2) is 31.7 Å². The summed E-state index contributed by atoms with van der Waals surface area (Å²) >= 11 is 3.54. The third kappa shape index (κ3) is 4.09. The third-order valence-electron chi connectivity index (χ3n) is 4.69. The van der Waals surface area contributed by atoms with E-state index in [1.165, 1.54) is 5.56 Å². The molecule has 1 aliphatic heterocycles. The van der Waals surface area contributed by atoms with Crippen molar-refractivity contribution in [3.63, 3.8) is 0 Å². The van der Waals surface area contributed by atoms with E-state index in [0.29, 0.717) is 6.54 Å². The van der Waals surface area contributed by atoms with E-state index in [9.17, 15) is 4.79 Å².